The SMILES string of the molecule is Nc1cccc(C(=O)Nc2cccnc2Cl)c1. The Kier molecular flexibility index (Phi) is 3.25. The molecule has 0 spiro atoms. The molecule has 4 nitrogen and oxygen atoms in total. The van der Waals surface area contributed by atoms with E-state index in [1.54, 1.807) is 42.6 Å². The van der Waals surface area contributed by atoms with E-state index in [0.29, 0.717) is 16.9 Å². The average molecular weight is 248 g/mol. The van der Waals surface area contributed by atoms with Crippen LogP contribution in [-0.2, 0) is 0 Å². The number of nitrogens with two attached hydrogens (primary N) is 1. The van der Waals surface area contributed by atoms with Gasteiger partial charge in [-0.2, -0.15) is 0 Å². The minimum Gasteiger partial charge on any atom is -0.399 e. The van der Waals surface area contributed by atoms with E-state index in [-0.39, 0.29) is 11.1 Å². The van der Waals surface area contributed by atoms with Crippen molar-refractivity contribution in [2.45, 2.75) is 0 Å². The highest BCUT2D eigenvalue weighted by Crippen LogP contribution is 2.18. The van der Waals surface area contributed by atoms with Crippen LogP contribution < -0.4 is 11.1 Å². The Morgan fingerprint density at radius 2 is 2.12 bits per heavy atom. The number of hydrogen-bond acceptors (Lipinski definition) is 3. The molecule has 0 aliphatic heterocycles. The number of halogens is 1. The van der Waals surface area contributed by atoms with Crippen molar-refractivity contribution >= 4 is 28.9 Å². The molecule has 1 heterocycles. The van der Waals surface area contributed by atoms with Gasteiger partial charge in [0.1, 0.15) is 0 Å². The highest BCUT2D eigenvalue weighted by atomic mass is 35.5. The van der Waals surface area contributed by atoms with Gasteiger partial charge in [0, 0.05) is 17.4 Å². The summed E-state index contributed by atoms with van der Waals surface area (Å²) < 4.78 is 0. The molecule has 0 aliphatic carbocycles. The Labute approximate surface area is 103 Å². The molecule has 86 valence electrons. The van der Waals surface area contributed by atoms with Gasteiger partial charge < -0.3 is 11.1 Å². The van der Waals surface area contributed by atoms with Gasteiger partial charge in [-0.15, -0.1) is 0 Å². The molecule has 1 amide bonds. The molecule has 0 atom stereocenters. The highest BCUT2D eigenvalue weighted by Gasteiger charge is 2.08. The molecule has 0 saturated heterocycles. The molecule has 0 saturated carbocycles. The second-order valence-electron chi connectivity index (χ2n) is 3.42. The normalized spacial score (nSPS) is 9.94. The number of nitrogen functional groups attached to an aromatic ring is 1. The number of hydrogen-bond donors (Lipinski definition) is 2. The number of rotatable bonds is 2. The molecule has 0 bridgehead atoms. The molecule has 2 aromatic rings. The van der Waals surface area contributed by atoms with Crippen LogP contribution in [0.25, 0.3) is 0 Å². The molecule has 0 fully saturated rings. The number of pyridine rings is 1. The molecule has 1 aromatic heterocycles. The van der Waals surface area contributed by atoms with Crippen molar-refractivity contribution in [1.29, 1.82) is 0 Å². The molecule has 2 rings (SSSR count). The summed E-state index contributed by atoms with van der Waals surface area (Å²) in [5.74, 6) is -0.271. The highest BCUT2D eigenvalue weighted by molar-refractivity contribution is 6.32. The number of carbonyl (C=O) groups excluding carboxylic acids is 1. The maximum atomic E-state index is 11.9. The lowest BCUT2D eigenvalue weighted by Crippen LogP contribution is -2.12. The van der Waals surface area contributed by atoms with E-state index in [2.05, 4.69) is 10.3 Å². The first-order valence-corrected chi connectivity index (χ1v) is 5.32. The minimum atomic E-state index is -0.271. The van der Waals surface area contributed by atoms with Crippen molar-refractivity contribution < 1.29 is 4.79 Å². The van der Waals surface area contributed by atoms with E-state index in [1.807, 2.05) is 0 Å². The van der Waals surface area contributed by atoms with E-state index >= 15 is 0 Å². The lowest BCUT2D eigenvalue weighted by molar-refractivity contribution is 0.102. The van der Waals surface area contributed by atoms with Gasteiger partial charge in [0.2, 0.25) is 0 Å². The fourth-order valence-electron chi connectivity index (χ4n) is 1.35. The summed E-state index contributed by atoms with van der Waals surface area (Å²) in [4.78, 5) is 15.7. The number of benzene rings is 1. The minimum absolute atomic E-state index is 0.254. The zero-order valence-corrected chi connectivity index (χ0v) is 9.61. The van der Waals surface area contributed by atoms with Crippen LogP contribution in [0.5, 0.6) is 0 Å². The number of nitrogens with one attached hydrogen (secondary N) is 1. The Balaban J connectivity index is 2.20. The van der Waals surface area contributed by atoms with Crippen molar-refractivity contribution in [1.82, 2.24) is 4.98 Å². The molecule has 0 unspecified atom stereocenters. The fourth-order valence-corrected chi connectivity index (χ4v) is 1.52. The van der Waals surface area contributed by atoms with E-state index in [1.165, 1.54) is 0 Å². The summed E-state index contributed by atoms with van der Waals surface area (Å²) in [6.45, 7) is 0. The molecule has 0 aliphatic rings. The number of amides is 1. The largest absolute Gasteiger partial charge is 0.399 e. The zero-order chi connectivity index (χ0) is 12.3. The van der Waals surface area contributed by atoms with E-state index in [0.717, 1.165) is 0 Å². The van der Waals surface area contributed by atoms with Gasteiger partial charge in [-0.1, -0.05) is 17.7 Å². The number of carbonyl (C=O) groups is 1. The number of anilines is 2. The van der Waals surface area contributed by atoms with Crippen LogP contribution in [0.3, 0.4) is 0 Å². The van der Waals surface area contributed by atoms with E-state index < -0.39 is 0 Å². The number of nitrogens with zero attached hydrogens (tertiary/aromatic N) is 1. The van der Waals surface area contributed by atoms with Gasteiger partial charge in [0.15, 0.2) is 5.15 Å². The van der Waals surface area contributed by atoms with Gasteiger partial charge >= 0.3 is 0 Å². The third kappa shape index (κ3) is 2.73. The fraction of sp³-hybridized carbons (Fsp3) is 0. The quantitative estimate of drug-likeness (QED) is 0.633. The zero-order valence-electron chi connectivity index (χ0n) is 8.85. The third-order valence-electron chi connectivity index (χ3n) is 2.16. The van der Waals surface area contributed by atoms with Crippen LogP contribution in [0.15, 0.2) is 42.6 Å². The van der Waals surface area contributed by atoms with Gasteiger partial charge in [0.05, 0.1) is 5.69 Å². The summed E-state index contributed by atoms with van der Waals surface area (Å²) in [5.41, 5.74) is 7.09. The first-order chi connectivity index (χ1) is 8.16. The van der Waals surface area contributed by atoms with Crippen molar-refractivity contribution in [2.75, 3.05) is 11.1 Å². The first-order valence-electron chi connectivity index (χ1n) is 4.94. The topological polar surface area (TPSA) is 68.0 Å². The van der Waals surface area contributed by atoms with Crippen molar-refractivity contribution in [3.63, 3.8) is 0 Å². The molecule has 17 heavy (non-hydrogen) atoms. The van der Waals surface area contributed by atoms with Gasteiger partial charge in [-0.25, -0.2) is 4.98 Å². The van der Waals surface area contributed by atoms with Crippen LogP contribution in [-0.4, -0.2) is 10.9 Å². The van der Waals surface area contributed by atoms with Crippen LogP contribution in [0.4, 0.5) is 11.4 Å². The molecule has 1 aromatic carbocycles. The van der Waals surface area contributed by atoms with E-state index in [9.17, 15) is 4.79 Å². The molecule has 5 heteroatoms. The monoisotopic (exact) mass is 247 g/mol. The summed E-state index contributed by atoms with van der Waals surface area (Å²) in [6.07, 6.45) is 1.55. The predicted octanol–water partition coefficient (Wildman–Crippen LogP) is 2.57. The van der Waals surface area contributed by atoms with Crippen molar-refractivity contribution in [3.05, 3.63) is 53.3 Å². The second kappa shape index (κ2) is 4.84. The Morgan fingerprint density at radius 1 is 1.29 bits per heavy atom. The number of aromatic nitrogens is 1. The second-order valence-corrected chi connectivity index (χ2v) is 3.78. The summed E-state index contributed by atoms with van der Waals surface area (Å²) in [7, 11) is 0. The van der Waals surface area contributed by atoms with Crippen LogP contribution in [0, 0.1) is 0 Å². The lowest BCUT2D eigenvalue weighted by atomic mass is 10.2. The molecule has 3 N–H and O–H groups in total. The lowest BCUT2D eigenvalue weighted by Gasteiger charge is -2.06. The van der Waals surface area contributed by atoms with Crippen molar-refractivity contribution in [3.8, 4) is 0 Å². The molecular formula is C12H10ClN3O. The molecular weight excluding hydrogens is 238 g/mol. The average Bonchev–Trinajstić information content (AvgIpc) is 2.32. The maximum Gasteiger partial charge on any atom is 0.255 e. The third-order valence-corrected chi connectivity index (χ3v) is 2.46. The summed E-state index contributed by atoms with van der Waals surface area (Å²) >= 11 is 5.84. The van der Waals surface area contributed by atoms with Crippen LogP contribution in [0.1, 0.15) is 10.4 Å². The van der Waals surface area contributed by atoms with Crippen LogP contribution in [0.2, 0.25) is 5.15 Å². The van der Waals surface area contributed by atoms with E-state index in [4.69, 9.17) is 17.3 Å². The summed E-state index contributed by atoms with van der Waals surface area (Å²) in [5, 5.41) is 2.92. The van der Waals surface area contributed by atoms with Gasteiger partial charge in [-0.05, 0) is 30.3 Å². The van der Waals surface area contributed by atoms with Crippen molar-refractivity contribution in [2.24, 2.45) is 0 Å². The summed E-state index contributed by atoms with van der Waals surface area (Å²) in [6, 6.07) is 10.1. The molecule has 0 radical (unpaired) electrons. The smallest absolute Gasteiger partial charge is 0.255 e. The Bertz CT molecular complexity index is 557. The first kappa shape index (κ1) is 11.4. The van der Waals surface area contributed by atoms with Gasteiger partial charge in [0.25, 0.3) is 5.91 Å². The van der Waals surface area contributed by atoms with Gasteiger partial charge in [-0.3, -0.25) is 4.79 Å². The Hall–Kier alpha value is -2.07. The maximum absolute atomic E-state index is 11.9. The Morgan fingerprint density at radius 3 is 2.82 bits per heavy atom. The predicted molar refractivity (Wildman–Crippen MR) is 68.1 cm³/mol. The standard InChI is InChI=1S/C12H10ClN3O/c13-11-10(5-2-6-15-11)16-12(17)8-3-1-4-9(14)7-8/h1-7H,14H2,(H,16,17). The van der Waals surface area contributed by atoms with Crippen LogP contribution >= 0.6 is 11.6 Å².